The Morgan fingerprint density at radius 2 is 2.20 bits per heavy atom. The molecule has 0 unspecified atom stereocenters. The number of aryl methyl sites for hydroxylation is 2. The molecular formula is C12H10N2O. The van der Waals surface area contributed by atoms with Gasteiger partial charge in [-0.1, -0.05) is 5.92 Å². The summed E-state index contributed by atoms with van der Waals surface area (Å²) < 4.78 is 1.48. The standard InChI is InChI=1S/C12H10N2O/c1-4-10-11-8(2)5-13-6-9(11)7-14(3)12(10)15/h1,5-7H,2-3H3. The lowest BCUT2D eigenvalue weighted by atomic mass is 10.1. The largest absolute Gasteiger partial charge is 0.317 e. The molecule has 2 rings (SSSR count). The van der Waals surface area contributed by atoms with Crippen LogP contribution in [0.3, 0.4) is 0 Å². The van der Waals surface area contributed by atoms with E-state index in [2.05, 4.69) is 10.9 Å². The topological polar surface area (TPSA) is 34.9 Å². The Bertz CT molecular complexity index is 632. The maximum Gasteiger partial charge on any atom is 0.266 e. The molecule has 0 fully saturated rings. The average Bonchev–Trinajstić information content (AvgIpc) is 2.21. The predicted molar refractivity (Wildman–Crippen MR) is 59.7 cm³/mol. The summed E-state index contributed by atoms with van der Waals surface area (Å²) >= 11 is 0. The van der Waals surface area contributed by atoms with Gasteiger partial charge in [-0.25, -0.2) is 0 Å². The molecule has 0 N–H and O–H groups in total. The van der Waals surface area contributed by atoms with Crippen LogP contribution in [0.25, 0.3) is 10.8 Å². The van der Waals surface area contributed by atoms with Gasteiger partial charge >= 0.3 is 0 Å². The Hall–Kier alpha value is -2.08. The molecule has 0 aromatic carbocycles. The van der Waals surface area contributed by atoms with Gasteiger partial charge in [0.25, 0.3) is 5.56 Å². The first kappa shape index (κ1) is 9.47. The van der Waals surface area contributed by atoms with Gasteiger partial charge in [-0.2, -0.15) is 0 Å². The van der Waals surface area contributed by atoms with Crippen molar-refractivity contribution in [3.8, 4) is 12.3 Å². The van der Waals surface area contributed by atoms with E-state index in [1.807, 2.05) is 6.92 Å². The highest BCUT2D eigenvalue weighted by Crippen LogP contribution is 2.17. The van der Waals surface area contributed by atoms with Gasteiger partial charge in [0.05, 0.1) is 5.56 Å². The van der Waals surface area contributed by atoms with Crippen LogP contribution in [0, 0.1) is 19.3 Å². The van der Waals surface area contributed by atoms with Crippen LogP contribution in [0.15, 0.2) is 23.4 Å². The molecule has 2 aromatic heterocycles. The monoisotopic (exact) mass is 198 g/mol. The molecule has 0 aliphatic heterocycles. The Kier molecular flexibility index (Phi) is 2.05. The predicted octanol–water partition coefficient (Wildman–Crippen LogP) is 1.22. The van der Waals surface area contributed by atoms with E-state index in [9.17, 15) is 4.79 Å². The summed E-state index contributed by atoms with van der Waals surface area (Å²) in [7, 11) is 1.69. The summed E-state index contributed by atoms with van der Waals surface area (Å²) in [6.45, 7) is 1.90. The number of fused-ring (bicyclic) bond motifs is 1. The fraction of sp³-hybridized carbons (Fsp3) is 0.167. The molecule has 0 atom stereocenters. The van der Waals surface area contributed by atoms with E-state index in [-0.39, 0.29) is 5.56 Å². The average molecular weight is 198 g/mol. The fourth-order valence-corrected chi connectivity index (χ4v) is 1.71. The summed E-state index contributed by atoms with van der Waals surface area (Å²) in [5, 5.41) is 1.72. The van der Waals surface area contributed by atoms with Gasteiger partial charge in [0, 0.05) is 36.4 Å². The lowest BCUT2D eigenvalue weighted by Gasteiger charge is -2.06. The highest BCUT2D eigenvalue weighted by atomic mass is 16.1. The fourth-order valence-electron chi connectivity index (χ4n) is 1.71. The molecule has 2 heterocycles. The summed E-state index contributed by atoms with van der Waals surface area (Å²) in [6.07, 6.45) is 10.5. The summed E-state index contributed by atoms with van der Waals surface area (Å²) in [4.78, 5) is 15.8. The molecule has 0 aliphatic rings. The molecular weight excluding hydrogens is 188 g/mol. The first-order valence-electron chi connectivity index (χ1n) is 4.55. The SMILES string of the molecule is C#Cc1c(=O)n(C)cc2cncc(C)c12. The zero-order chi connectivity index (χ0) is 11.0. The smallest absolute Gasteiger partial charge is 0.266 e. The molecule has 0 saturated carbocycles. The van der Waals surface area contributed by atoms with Gasteiger partial charge in [-0.3, -0.25) is 9.78 Å². The number of nitrogens with zero attached hydrogens (tertiary/aromatic N) is 2. The summed E-state index contributed by atoms with van der Waals surface area (Å²) in [5.74, 6) is 2.46. The third-order valence-electron chi connectivity index (χ3n) is 2.43. The van der Waals surface area contributed by atoms with Crippen molar-refractivity contribution < 1.29 is 0 Å². The van der Waals surface area contributed by atoms with Crippen molar-refractivity contribution >= 4 is 10.8 Å². The van der Waals surface area contributed by atoms with Crippen molar-refractivity contribution in [3.05, 3.63) is 40.1 Å². The highest BCUT2D eigenvalue weighted by molar-refractivity contribution is 5.89. The number of hydrogen-bond acceptors (Lipinski definition) is 2. The van der Waals surface area contributed by atoms with Crippen molar-refractivity contribution in [2.24, 2.45) is 7.05 Å². The molecule has 74 valence electrons. The third kappa shape index (κ3) is 1.31. The summed E-state index contributed by atoms with van der Waals surface area (Å²) in [5.41, 5.74) is 1.20. The summed E-state index contributed by atoms with van der Waals surface area (Å²) in [6, 6.07) is 0. The second-order valence-electron chi connectivity index (χ2n) is 3.49. The molecule has 0 spiro atoms. The Labute approximate surface area is 87.4 Å². The quantitative estimate of drug-likeness (QED) is 0.597. The van der Waals surface area contributed by atoms with Gasteiger partial charge in [0.1, 0.15) is 0 Å². The third-order valence-corrected chi connectivity index (χ3v) is 2.43. The molecule has 3 nitrogen and oxygen atoms in total. The van der Waals surface area contributed by atoms with E-state index in [0.29, 0.717) is 5.56 Å². The minimum absolute atomic E-state index is 0.140. The number of aromatic nitrogens is 2. The first-order chi connectivity index (χ1) is 7.15. The van der Waals surface area contributed by atoms with Crippen molar-refractivity contribution in [1.82, 2.24) is 9.55 Å². The van der Waals surface area contributed by atoms with E-state index < -0.39 is 0 Å². The lowest BCUT2D eigenvalue weighted by molar-refractivity contribution is 0.866. The second-order valence-corrected chi connectivity index (χ2v) is 3.49. The maximum atomic E-state index is 11.8. The van der Waals surface area contributed by atoms with E-state index in [1.54, 1.807) is 25.6 Å². The van der Waals surface area contributed by atoms with Crippen LogP contribution in [0.4, 0.5) is 0 Å². The van der Waals surface area contributed by atoms with Crippen LogP contribution in [0.2, 0.25) is 0 Å². The second kappa shape index (κ2) is 3.25. The van der Waals surface area contributed by atoms with Crippen molar-refractivity contribution in [2.45, 2.75) is 6.92 Å². The van der Waals surface area contributed by atoms with Crippen LogP contribution >= 0.6 is 0 Å². The van der Waals surface area contributed by atoms with Crippen LogP contribution in [0.5, 0.6) is 0 Å². The lowest BCUT2D eigenvalue weighted by Crippen LogP contribution is -2.19. The van der Waals surface area contributed by atoms with Crippen LogP contribution in [-0.2, 0) is 7.05 Å². The number of pyridine rings is 2. The number of hydrogen-bond donors (Lipinski definition) is 0. The number of terminal acetylenes is 1. The van der Waals surface area contributed by atoms with E-state index in [4.69, 9.17) is 6.42 Å². The van der Waals surface area contributed by atoms with E-state index in [0.717, 1.165) is 16.3 Å². The molecule has 3 heteroatoms. The minimum Gasteiger partial charge on any atom is -0.317 e. The van der Waals surface area contributed by atoms with E-state index >= 15 is 0 Å². The number of rotatable bonds is 0. The zero-order valence-corrected chi connectivity index (χ0v) is 8.61. The molecule has 0 bridgehead atoms. The van der Waals surface area contributed by atoms with Crippen molar-refractivity contribution in [1.29, 1.82) is 0 Å². The van der Waals surface area contributed by atoms with Gasteiger partial charge < -0.3 is 4.57 Å². The molecule has 0 amide bonds. The van der Waals surface area contributed by atoms with Gasteiger partial charge in [-0.05, 0) is 12.5 Å². The van der Waals surface area contributed by atoms with Crippen molar-refractivity contribution in [3.63, 3.8) is 0 Å². The highest BCUT2D eigenvalue weighted by Gasteiger charge is 2.08. The molecule has 0 radical (unpaired) electrons. The molecule has 2 aromatic rings. The molecule has 0 aliphatic carbocycles. The normalized spacial score (nSPS) is 10.2. The Morgan fingerprint density at radius 1 is 1.47 bits per heavy atom. The van der Waals surface area contributed by atoms with E-state index in [1.165, 1.54) is 4.57 Å². The zero-order valence-electron chi connectivity index (χ0n) is 8.61. The van der Waals surface area contributed by atoms with Crippen molar-refractivity contribution in [2.75, 3.05) is 0 Å². The molecule has 0 saturated heterocycles. The van der Waals surface area contributed by atoms with Crippen LogP contribution in [0.1, 0.15) is 11.1 Å². The maximum absolute atomic E-state index is 11.8. The Balaban J connectivity index is 3.12. The van der Waals surface area contributed by atoms with Gasteiger partial charge in [0.15, 0.2) is 0 Å². The first-order valence-corrected chi connectivity index (χ1v) is 4.55. The van der Waals surface area contributed by atoms with Crippen LogP contribution in [-0.4, -0.2) is 9.55 Å². The minimum atomic E-state index is -0.140. The Morgan fingerprint density at radius 3 is 2.87 bits per heavy atom. The van der Waals surface area contributed by atoms with Crippen LogP contribution < -0.4 is 5.56 Å². The van der Waals surface area contributed by atoms with Gasteiger partial charge in [-0.15, -0.1) is 6.42 Å². The van der Waals surface area contributed by atoms with Gasteiger partial charge in [0.2, 0.25) is 0 Å². The molecule has 15 heavy (non-hydrogen) atoms.